The van der Waals surface area contributed by atoms with Crippen LogP contribution in [0.15, 0.2) is 35.0 Å². The normalized spacial score (nSPS) is 12.6. The molecule has 1 unspecified atom stereocenters. The molecule has 0 aromatic carbocycles. The fourth-order valence-electron chi connectivity index (χ4n) is 1.46. The van der Waals surface area contributed by atoms with Crippen LogP contribution in [0.3, 0.4) is 0 Å². The highest BCUT2D eigenvalue weighted by Gasteiger charge is 2.07. The Morgan fingerprint density at radius 1 is 1.38 bits per heavy atom. The molecule has 1 N–H and O–H groups in total. The highest BCUT2D eigenvalue weighted by molar-refractivity contribution is 5.07. The molecule has 2 aromatic heterocycles. The third kappa shape index (κ3) is 2.67. The fourth-order valence-corrected chi connectivity index (χ4v) is 1.46. The van der Waals surface area contributed by atoms with Crippen molar-refractivity contribution in [3.63, 3.8) is 0 Å². The third-order valence-corrected chi connectivity index (χ3v) is 2.36. The summed E-state index contributed by atoms with van der Waals surface area (Å²) in [5.74, 6) is 1.54. The molecule has 1 atom stereocenters. The maximum atomic E-state index is 5.38. The zero-order valence-electron chi connectivity index (χ0n) is 9.47. The Hall–Kier alpha value is -1.68. The number of oxazole rings is 1. The van der Waals surface area contributed by atoms with Crippen LogP contribution in [-0.4, -0.2) is 9.97 Å². The average molecular weight is 217 g/mol. The Kier molecular flexibility index (Phi) is 3.31. The van der Waals surface area contributed by atoms with Crippen LogP contribution in [0.25, 0.3) is 0 Å². The van der Waals surface area contributed by atoms with Crippen molar-refractivity contribution in [2.75, 3.05) is 0 Å². The second-order valence-corrected chi connectivity index (χ2v) is 3.72. The molecule has 0 aliphatic carbocycles. The number of aromatic nitrogens is 2. The molecule has 84 valence electrons. The largest absolute Gasteiger partial charge is 0.445 e. The number of hydrogen-bond donors (Lipinski definition) is 1. The Morgan fingerprint density at radius 3 is 2.88 bits per heavy atom. The summed E-state index contributed by atoms with van der Waals surface area (Å²) in [5.41, 5.74) is 1.02. The van der Waals surface area contributed by atoms with Gasteiger partial charge in [-0.25, -0.2) is 4.98 Å². The molecule has 0 saturated heterocycles. The maximum Gasteiger partial charge on any atom is 0.208 e. The lowest BCUT2D eigenvalue weighted by atomic mass is 10.2. The number of nitrogens with one attached hydrogen (secondary N) is 1. The second kappa shape index (κ2) is 4.90. The highest BCUT2D eigenvalue weighted by Crippen LogP contribution is 2.09. The lowest BCUT2D eigenvalue weighted by molar-refractivity contribution is 0.430. The van der Waals surface area contributed by atoms with Crippen LogP contribution in [0.4, 0.5) is 0 Å². The minimum absolute atomic E-state index is 0.188. The van der Waals surface area contributed by atoms with Crippen LogP contribution in [0, 0.1) is 6.92 Å². The van der Waals surface area contributed by atoms with Crippen molar-refractivity contribution in [2.45, 2.75) is 26.4 Å². The average Bonchev–Trinajstić information content (AvgIpc) is 2.73. The predicted octanol–water partition coefficient (Wildman–Crippen LogP) is 2.23. The molecule has 0 radical (unpaired) electrons. The van der Waals surface area contributed by atoms with E-state index in [2.05, 4.69) is 22.2 Å². The molecular weight excluding hydrogens is 202 g/mol. The number of aryl methyl sites for hydroxylation is 1. The first kappa shape index (κ1) is 10.8. The van der Waals surface area contributed by atoms with E-state index in [1.807, 2.05) is 25.1 Å². The topological polar surface area (TPSA) is 51.0 Å². The summed E-state index contributed by atoms with van der Waals surface area (Å²) in [5, 5.41) is 3.31. The molecule has 0 aliphatic heterocycles. The van der Waals surface area contributed by atoms with E-state index in [1.54, 1.807) is 12.4 Å². The van der Waals surface area contributed by atoms with Gasteiger partial charge in [-0.1, -0.05) is 6.07 Å². The van der Waals surface area contributed by atoms with E-state index in [1.165, 1.54) is 0 Å². The Morgan fingerprint density at radius 2 is 2.25 bits per heavy atom. The van der Waals surface area contributed by atoms with E-state index in [-0.39, 0.29) is 6.04 Å². The summed E-state index contributed by atoms with van der Waals surface area (Å²) >= 11 is 0. The van der Waals surface area contributed by atoms with Gasteiger partial charge in [-0.15, -0.1) is 0 Å². The van der Waals surface area contributed by atoms with Gasteiger partial charge in [-0.3, -0.25) is 4.98 Å². The maximum absolute atomic E-state index is 5.38. The van der Waals surface area contributed by atoms with E-state index in [9.17, 15) is 0 Å². The van der Waals surface area contributed by atoms with Gasteiger partial charge in [0.25, 0.3) is 0 Å². The van der Waals surface area contributed by atoms with Gasteiger partial charge in [0.15, 0.2) is 0 Å². The summed E-state index contributed by atoms with van der Waals surface area (Å²) in [7, 11) is 0. The van der Waals surface area contributed by atoms with E-state index in [0.717, 1.165) is 11.5 Å². The number of rotatable bonds is 4. The molecule has 0 fully saturated rings. The fraction of sp³-hybridized carbons (Fsp3) is 0.333. The Labute approximate surface area is 94.7 Å². The number of pyridine rings is 1. The monoisotopic (exact) mass is 217 g/mol. The first-order valence-electron chi connectivity index (χ1n) is 5.31. The number of hydrogen-bond acceptors (Lipinski definition) is 4. The Bertz CT molecular complexity index is 439. The van der Waals surface area contributed by atoms with Crippen molar-refractivity contribution in [3.05, 3.63) is 47.9 Å². The lowest BCUT2D eigenvalue weighted by Crippen LogP contribution is -2.19. The standard InChI is InChI=1S/C12H15N3O/c1-9-7-15-12(16-9)8-14-10(2)11-5-3-4-6-13-11/h3-7,10,14H,8H2,1-2H3. The molecule has 2 aromatic rings. The molecule has 0 aliphatic rings. The number of nitrogens with zero attached hydrogens (tertiary/aromatic N) is 2. The molecule has 0 bridgehead atoms. The molecule has 0 saturated carbocycles. The van der Waals surface area contributed by atoms with Crippen LogP contribution in [0.5, 0.6) is 0 Å². The Balaban J connectivity index is 1.91. The van der Waals surface area contributed by atoms with Gasteiger partial charge < -0.3 is 9.73 Å². The highest BCUT2D eigenvalue weighted by atomic mass is 16.4. The van der Waals surface area contributed by atoms with Gasteiger partial charge in [0.1, 0.15) is 5.76 Å². The van der Waals surface area contributed by atoms with Crippen molar-refractivity contribution >= 4 is 0 Å². The SMILES string of the molecule is Cc1cnc(CNC(C)c2ccccn2)o1. The summed E-state index contributed by atoms with van der Waals surface area (Å²) in [6, 6.07) is 6.08. The molecule has 4 nitrogen and oxygen atoms in total. The van der Waals surface area contributed by atoms with Gasteiger partial charge >= 0.3 is 0 Å². The zero-order chi connectivity index (χ0) is 11.4. The molecular formula is C12H15N3O. The van der Waals surface area contributed by atoms with E-state index < -0.39 is 0 Å². The van der Waals surface area contributed by atoms with Crippen LogP contribution in [0.1, 0.15) is 30.3 Å². The van der Waals surface area contributed by atoms with Crippen molar-refractivity contribution in [2.24, 2.45) is 0 Å². The summed E-state index contributed by atoms with van der Waals surface area (Å²) in [6.07, 6.45) is 3.52. The van der Waals surface area contributed by atoms with Crippen LogP contribution >= 0.6 is 0 Å². The molecule has 2 heterocycles. The minimum Gasteiger partial charge on any atom is -0.445 e. The molecule has 2 rings (SSSR count). The quantitative estimate of drug-likeness (QED) is 0.853. The molecule has 4 heteroatoms. The van der Waals surface area contributed by atoms with Gasteiger partial charge in [0, 0.05) is 12.2 Å². The van der Waals surface area contributed by atoms with E-state index in [4.69, 9.17) is 4.42 Å². The minimum atomic E-state index is 0.188. The zero-order valence-corrected chi connectivity index (χ0v) is 9.47. The van der Waals surface area contributed by atoms with Crippen LogP contribution < -0.4 is 5.32 Å². The lowest BCUT2D eigenvalue weighted by Gasteiger charge is -2.11. The molecule has 0 spiro atoms. The van der Waals surface area contributed by atoms with Gasteiger partial charge in [-0.2, -0.15) is 0 Å². The van der Waals surface area contributed by atoms with Crippen molar-refractivity contribution in [1.29, 1.82) is 0 Å². The summed E-state index contributed by atoms with van der Waals surface area (Å²) in [4.78, 5) is 8.41. The first-order valence-corrected chi connectivity index (χ1v) is 5.31. The summed E-state index contributed by atoms with van der Waals surface area (Å²) < 4.78 is 5.38. The molecule has 16 heavy (non-hydrogen) atoms. The van der Waals surface area contributed by atoms with Gasteiger partial charge in [-0.05, 0) is 26.0 Å². The second-order valence-electron chi connectivity index (χ2n) is 3.72. The van der Waals surface area contributed by atoms with Crippen LogP contribution in [0.2, 0.25) is 0 Å². The van der Waals surface area contributed by atoms with Gasteiger partial charge in [0.2, 0.25) is 5.89 Å². The first-order chi connectivity index (χ1) is 7.75. The van der Waals surface area contributed by atoms with Crippen molar-refractivity contribution in [1.82, 2.24) is 15.3 Å². The third-order valence-electron chi connectivity index (χ3n) is 2.36. The van der Waals surface area contributed by atoms with E-state index >= 15 is 0 Å². The summed E-state index contributed by atoms with van der Waals surface area (Å²) in [6.45, 7) is 4.57. The van der Waals surface area contributed by atoms with Gasteiger partial charge in [0.05, 0.1) is 18.4 Å². The van der Waals surface area contributed by atoms with Crippen molar-refractivity contribution < 1.29 is 4.42 Å². The molecule has 0 amide bonds. The van der Waals surface area contributed by atoms with Crippen molar-refractivity contribution in [3.8, 4) is 0 Å². The van der Waals surface area contributed by atoms with Crippen LogP contribution in [-0.2, 0) is 6.54 Å². The van der Waals surface area contributed by atoms with E-state index in [0.29, 0.717) is 12.4 Å². The smallest absolute Gasteiger partial charge is 0.208 e. The predicted molar refractivity (Wildman–Crippen MR) is 60.7 cm³/mol.